The molecule has 210 valence electrons. The Balaban J connectivity index is 1.34. The van der Waals surface area contributed by atoms with Gasteiger partial charge in [-0.2, -0.15) is 18.3 Å². The van der Waals surface area contributed by atoms with Crippen LogP contribution < -0.4 is 10.2 Å². The van der Waals surface area contributed by atoms with E-state index in [1.807, 2.05) is 0 Å². The van der Waals surface area contributed by atoms with Crippen LogP contribution in [0.4, 0.5) is 19.0 Å². The number of piperidine rings is 1. The molecule has 2 fully saturated rings. The van der Waals surface area contributed by atoms with Gasteiger partial charge in [0, 0.05) is 49.7 Å². The first-order valence-corrected chi connectivity index (χ1v) is 13.8. The third kappa shape index (κ3) is 5.95. The number of rotatable bonds is 7. The number of nitrogens with zero attached hydrogens (tertiary/aromatic N) is 6. The number of hydrogen-bond acceptors (Lipinski definition) is 6. The largest absolute Gasteiger partial charge is 0.437 e. The topological polar surface area (TPSA) is 79.2 Å². The zero-order valence-electron chi connectivity index (χ0n) is 21.7. The lowest BCUT2D eigenvalue weighted by atomic mass is 9.80. The van der Waals surface area contributed by atoms with Gasteiger partial charge >= 0.3 is 6.18 Å². The zero-order valence-corrected chi connectivity index (χ0v) is 23.2. The standard InChI is InChI=1S/C26H30Cl2F3N7O/c1-15(20-6-5-19(27)10-21(20)28)38-25-23(24(35-38)26(29,30)31)33-11-22(34-25)37-13-18(14-37)17-4-3-8-36(12-17)9-7-32-16(2)39/h5-6,10-11,15,17-18H,3-4,7-9,12-14H2,1-2H3,(H,32,39)/t15-,17-/m1/s1. The fourth-order valence-electron chi connectivity index (χ4n) is 5.55. The van der Waals surface area contributed by atoms with Crippen molar-refractivity contribution in [2.45, 2.75) is 38.9 Å². The van der Waals surface area contributed by atoms with Crippen molar-refractivity contribution in [1.82, 2.24) is 30.0 Å². The first kappa shape index (κ1) is 27.9. The Kier molecular flexibility index (Phi) is 7.94. The molecule has 3 aromatic rings. The van der Waals surface area contributed by atoms with Gasteiger partial charge in [-0.25, -0.2) is 14.6 Å². The Labute approximate surface area is 234 Å². The van der Waals surface area contributed by atoms with Crippen molar-refractivity contribution in [2.24, 2.45) is 11.8 Å². The monoisotopic (exact) mass is 583 g/mol. The third-order valence-electron chi connectivity index (χ3n) is 7.68. The molecular weight excluding hydrogens is 554 g/mol. The van der Waals surface area contributed by atoms with E-state index < -0.39 is 17.9 Å². The Morgan fingerprint density at radius 1 is 1.21 bits per heavy atom. The summed E-state index contributed by atoms with van der Waals surface area (Å²) in [5.41, 5.74) is -0.724. The molecule has 0 bridgehead atoms. The zero-order chi connectivity index (χ0) is 27.9. The molecule has 0 radical (unpaired) electrons. The molecule has 2 saturated heterocycles. The van der Waals surface area contributed by atoms with Gasteiger partial charge in [0.1, 0.15) is 11.3 Å². The van der Waals surface area contributed by atoms with Gasteiger partial charge in [0.05, 0.1) is 12.2 Å². The highest BCUT2D eigenvalue weighted by molar-refractivity contribution is 6.35. The summed E-state index contributed by atoms with van der Waals surface area (Å²) in [7, 11) is 0. The minimum atomic E-state index is -4.68. The van der Waals surface area contributed by atoms with Gasteiger partial charge in [0.2, 0.25) is 5.91 Å². The summed E-state index contributed by atoms with van der Waals surface area (Å²) in [5.74, 6) is 1.50. The van der Waals surface area contributed by atoms with Gasteiger partial charge < -0.3 is 15.1 Å². The minimum absolute atomic E-state index is 0.0226. The number of fused-ring (bicyclic) bond motifs is 1. The average molecular weight is 584 g/mol. The number of benzene rings is 1. The molecule has 13 heteroatoms. The van der Waals surface area contributed by atoms with E-state index in [1.165, 1.54) is 17.8 Å². The molecule has 0 spiro atoms. The van der Waals surface area contributed by atoms with E-state index in [0.29, 0.717) is 39.8 Å². The van der Waals surface area contributed by atoms with Crippen molar-refractivity contribution in [3.63, 3.8) is 0 Å². The SMILES string of the molecule is CC(=O)NCCN1CCC[C@@H](C2CN(c3cnc4c(C(F)(F)F)nn([C@H](C)c5ccc(Cl)cc5Cl)c4n3)C2)C1. The number of hydrogen-bond donors (Lipinski definition) is 1. The van der Waals surface area contributed by atoms with Gasteiger partial charge in [-0.15, -0.1) is 0 Å². The van der Waals surface area contributed by atoms with Gasteiger partial charge in [0.15, 0.2) is 11.3 Å². The number of likely N-dealkylation sites (tertiary alicyclic amines) is 1. The molecule has 1 aromatic carbocycles. The number of halogens is 5. The Morgan fingerprint density at radius 2 is 1.97 bits per heavy atom. The number of carbonyl (C=O) groups excluding carboxylic acids is 1. The first-order valence-electron chi connectivity index (χ1n) is 13.0. The summed E-state index contributed by atoms with van der Waals surface area (Å²) in [4.78, 5) is 24.4. The van der Waals surface area contributed by atoms with Crippen molar-refractivity contribution >= 4 is 46.1 Å². The van der Waals surface area contributed by atoms with Crippen LogP contribution in [0.25, 0.3) is 11.2 Å². The highest BCUT2D eigenvalue weighted by Crippen LogP contribution is 2.38. The van der Waals surface area contributed by atoms with Gasteiger partial charge in [-0.3, -0.25) is 4.79 Å². The van der Waals surface area contributed by atoms with Crippen LogP contribution in [-0.4, -0.2) is 69.8 Å². The van der Waals surface area contributed by atoms with Crippen LogP contribution in [-0.2, 0) is 11.0 Å². The molecule has 0 unspecified atom stereocenters. The summed E-state index contributed by atoms with van der Waals surface area (Å²) in [6.07, 6.45) is -1.03. The molecule has 8 nitrogen and oxygen atoms in total. The molecule has 5 rings (SSSR count). The lowest BCUT2D eigenvalue weighted by molar-refractivity contribution is -0.140. The van der Waals surface area contributed by atoms with Gasteiger partial charge in [-0.1, -0.05) is 29.3 Å². The van der Waals surface area contributed by atoms with Crippen LogP contribution in [0.1, 0.15) is 44.0 Å². The van der Waals surface area contributed by atoms with E-state index in [2.05, 4.69) is 30.2 Å². The lowest BCUT2D eigenvalue weighted by Crippen LogP contribution is -2.54. The van der Waals surface area contributed by atoms with Crippen LogP contribution in [0.5, 0.6) is 0 Å². The molecule has 4 heterocycles. The van der Waals surface area contributed by atoms with E-state index in [4.69, 9.17) is 23.2 Å². The quantitative estimate of drug-likeness (QED) is 0.419. The molecule has 1 amide bonds. The second-order valence-corrected chi connectivity index (χ2v) is 11.2. The molecule has 0 saturated carbocycles. The van der Waals surface area contributed by atoms with Crippen LogP contribution in [0, 0.1) is 11.8 Å². The summed E-state index contributed by atoms with van der Waals surface area (Å²) >= 11 is 12.4. The van der Waals surface area contributed by atoms with Crippen LogP contribution in [0.15, 0.2) is 24.4 Å². The minimum Gasteiger partial charge on any atom is -0.355 e. The Hall–Kier alpha value is -2.63. The first-order chi connectivity index (χ1) is 18.5. The highest BCUT2D eigenvalue weighted by Gasteiger charge is 2.40. The fourth-order valence-corrected chi connectivity index (χ4v) is 6.12. The van der Waals surface area contributed by atoms with E-state index in [1.54, 1.807) is 25.1 Å². The summed E-state index contributed by atoms with van der Waals surface area (Å²) in [6, 6.07) is 4.23. The number of aromatic nitrogens is 4. The van der Waals surface area contributed by atoms with E-state index in [0.717, 1.165) is 45.6 Å². The van der Waals surface area contributed by atoms with Crippen molar-refractivity contribution < 1.29 is 18.0 Å². The molecule has 2 atom stereocenters. The number of anilines is 1. The van der Waals surface area contributed by atoms with E-state index in [-0.39, 0.29) is 17.1 Å². The number of nitrogens with one attached hydrogen (secondary N) is 1. The Bertz CT molecular complexity index is 1360. The predicted molar refractivity (Wildman–Crippen MR) is 144 cm³/mol. The maximum Gasteiger partial charge on any atom is 0.437 e. The Morgan fingerprint density at radius 3 is 2.67 bits per heavy atom. The van der Waals surface area contributed by atoms with Crippen LogP contribution in [0.3, 0.4) is 0 Å². The second-order valence-electron chi connectivity index (χ2n) is 10.4. The summed E-state index contributed by atoms with van der Waals surface area (Å²) < 4.78 is 42.8. The van der Waals surface area contributed by atoms with Crippen molar-refractivity contribution in [3.05, 3.63) is 45.7 Å². The maximum atomic E-state index is 13.8. The highest BCUT2D eigenvalue weighted by atomic mass is 35.5. The van der Waals surface area contributed by atoms with Crippen molar-refractivity contribution in [2.75, 3.05) is 44.2 Å². The lowest BCUT2D eigenvalue weighted by Gasteiger charge is -2.47. The second kappa shape index (κ2) is 11.1. The molecule has 2 aromatic heterocycles. The van der Waals surface area contributed by atoms with Gasteiger partial charge in [-0.05, 0) is 55.8 Å². The smallest absolute Gasteiger partial charge is 0.355 e. The molecule has 2 aliphatic rings. The molecule has 39 heavy (non-hydrogen) atoms. The van der Waals surface area contributed by atoms with Crippen molar-refractivity contribution in [1.29, 1.82) is 0 Å². The predicted octanol–water partition coefficient (Wildman–Crippen LogP) is 5.05. The summed E-state index contributed by atoms with van der Waals surface area (Å²) in [5, 5.41) is 7.52. The van der Waals surface area contributed by atoms with Crippen LogP contribution in [0.2, 0.25) is 10.0 Å². The van der Waals surface area contributed by atoms with E-state index >= 15 is 0 Å². The average Bonchev–Trinajstić information content (AvgIpc) is 3.22. The molecule has 0 aliphatic carbocycles. The molecule has 1 N–H and O–H groups in total. The maximum absolute atomic E-state index is 13.8. The third-order valence-corrected chi connectivity index (χ3v) is 8.25. The number of carbonyl (C=O) groups is 1. The number of alkyl halides is 3. The molecular formula is C26H30Cl2F3N7O. The van der Waals surface area contributed by atoms with Crippen LogP contribution >= 0.6 is 23.2 Å². The van der Waals surface area contributed by atoms with Crippen molar-refractivity contribution in [3.8, 4) is 0 Å². The van der Waals surface area contributed by atoms with E-state index in [9.17, 15) is 18.0 Å². The fraction of sp³-hybridized carbons (Fsp3) is 0.538. The van der Waals surface area contributed by atoms with Gasteiger partial charge in [0.25, 0.3) is 0 Å². The number of amides is 1. The summed E-state index contributed by atoms with van der Waals surface area (Å²) in [6.45, 7) is 8.24. The molecule has 2 aliphatic heterocycles. The normalized spacial score (nSPS) is 19.8.